The molecule has 2 heterocycles. The molecular weight excluding hydrogens is 364 g/mol. The molecule has 156 valence electrons. The van der Waals surface area contributed by atoms with E-state index in [1.165, 1.54) is 5.56 Å². The van der Waals surface area contributed by atoms with Gasteiger partial charge in [0.1, 0.15) is 5.75 Å². The second kappa shape index (κ2) is 8.82. The SMILES string of the molecule is Cc1cc(Oc2nc(C)ccc2/C(=N/O)N2CCC(N(C)C)C2)cc(C(C)C)c1. The number of likely N-dealkylation sites (tertiary alicyclic amines) is 1. The van der Waals surface area contributed by atoms with Crippen molar-refractivity contribution in [3.63, 3.8) is 0 Å². The summed E-state index contributed by atoms with van der Waals surface area (Å²) < 4.78 is 6.24. The van der Waals surface area contributed by atoms with Crippen molar-refractivity contribution in [3.05, 3.63) is 52.7 Å². The van der Waals surface area contributed by atoms with Gasteiger partial charge in [-0.1, -0.05) is 25.1 Å². The molecule has 0 aliphatic carbocycles. The molecule has 1 aromatic carbocycles. The predicted octanol–water partition coefficient (Wildman–Crippen LogP) is 4.39. The highest BCUT2D eigenvalue weighted by Crippen LogP contribution is 2.30. The number of ether oxygens (including phenoxy) is 1. The first-order chi connectivity index (χ1) is 13.8. The van der Waals surface area contributed by atoms with Crippen molar-refractivity contribution in [2.75, 3.05) is 27.2 Å². The zero-order valence-corrected chi connectivity index (χ0v) is 18.3. The number of rotatable bonds is 5. The van der Waals surface area contributed by atoms with Crippen LogP contribution >= 0.6 is 0 Å². The molecule has 1 saturated heterocycles. The summed E-state index contributed by atoms with van der Waals surface area (Å²) in [5, 5.41) is 13.5. The van der Waals surface area contributed by atoms with Crippen molar-refractivity contribution in [3.8, 4) is 11.6 Å². The second-order valence-electron chi connectivity index (χ2n) is 8.42. The van der Waals surface area contributed by atoms with E-state index in [9.17, 15) is 5.21 Å². The smallest absolute Gasteiger partial charge is 0.230 e. The minimum absolute atomic E-state index is 0.407. The molecule has 1 atom stereocenters. The van der Waals surface area contributed by atoms with Gasteiger partial charge in [0.15, 0.2) is 5.84 Å². The van der Waals surface area contributed by atoms with Crippen molar-refractivity contribution in [2.24, 2.45) is 5.16 Å². The molecule has 2 aromatic rings. The van der Waals surface area contributed by atoms with E-state index in [1.807, 2.05) is 25.1 Å². The maximum absolute atomic E-state index is 9.83. The van der Waals surface area contributed by atoms with Gasteiger partial charge in [0.05, 0.1) is 5.56 Å². The first-order valence-corrected chi connectivity index (χ1v) is 10.2. The van der Waals surface area contributed by atoms with E-state index in [0.717, 1.165) is 36.5 Å². The number of aryl methyl sites for hydroxylation is 2. The maximum Gasteiger partial charge on any atom is 0.230 e. The van der Waals surface area contributed by atoms with Crippen LogP contribution in [-0.4, -0.2) is 59.1 Å². The van der Waals surface area contributed by atoms with Crippen molar-refractivity contribution >= 4 is 5.84 Å². The van der Waals surface area contributed by atoms with Crippen LogP contribution in [0.1, 0.15) is 48.6 Å². The van der Waals surface area contributed by atoms with Crippen LogP contribution in [0.2, 0.25) is 0 Å². The lowest BCUT2D eigenvalue weighted by molar-refractivity contribution is 0.289. The monoisotopic (exact) mass is 396 g/mol. The summed E-state index contributed by atoms with van der Waals surface area (Å²) in [6.07, 6.45) is 1.02. The highest BCUT2D eigenvalue weighted by Gasteiger charge is 2.29. The number of oxime groups is 1. The minimum Gasteiger partial charge on any atom is -0.438 e. The van der Waals surface area contributed by atoms with Crippen LogP contribution in [0.4, 0.5) is 0 Å². The number of aromatic nitrogens is 1. The molecule has 1 N–H and O–H groups in total. The van der Waals surface area contributed by atoms with E-state index >= 15 is 0 Å². The lowest BCUT2D eigenvalue weighted by Gasteiger charge is -2.23. The molecule has 6 nitrogen and oxygen atoms in total. The summed E-state index contributed by atoms with van der Waals surface area (Å²) >= 11 is 0. The number of likely N-dealkylation sites (N-methyl/N-ethyl adjacent to an activating group) is 1. The number of amidine groups is 1. The number of nitrogens with zero attached hydrogens (tertiary/aromatic N) is 4. The van der Waals surface area contributed by atoms with E-state index < -0.39 is 0 Å². The van der Waals surface area contributed by atoms with Crippen LogP contribution in [0.15, 0.2) is 35.5 Å². The topological polar surface area (TPSA) is 61.2 Å². The van der Waals surface area contributed by atoms with Gasteiger partial charge in [-0.05, 0) is 75.7 Å². The summed E-state index contributed by atoms with van der Waals surface area (Å²) in [4.78, 5) is 8.92. The first kappa shape index (κ1) is 21.1. The Balaban J connectivity index is 1.94. The normalized spacial score (nSPS) is 17.4. The van der Waals surface area contributed by atoms with Crippen LogP contribution in [0.5, 0.6) is 11.6 Å². The molecule has 0 saturated carbocycles. The van der Waals surface area contributed by atoms with Crippen molar-refractivity contribution < 1.29 is 9.94 Å². The van der Waals surface area contributed by atoms with E-state index in [4.69, 9.17) is 4.74 Å². The van der Waals surface area contributed by atoms with E-state index in [1.54, 1.807) is 0 Å². The predicted molar refractivity (Wildman–Crippen MR) is 116 cm³/mol. The lowest BCUT2D eigenvalue weighted by Crippen LogP contribution is -2.35. The highest BCUT2D eigenvalue weighted by molar-refractivity contribution is 6.00. The van der Waals surface area contributed by atoms with Gasteiger partial charge in [0.2, 0.25) is 5.88 Å². The Morgan fingerprint density at radius 2 is 2.00 bits per heavy atom. The van der Waals surface area contributed by atoms with Crippen LogP contribution in [-0.2, 0) is 0 Å². The third kappa shape index (κ3) is 4.88. The molecular formula is C23H32N4O2. The molecule has 1 aliphatic heterocycles. The Kier molecular flexibility index (Phi) is 6.42. The van der Waals surface area contributed by atoms with Gasteiger partial charge < -0.3 is 19.7 Å². The molecule has 0 spiro atoms. The summed E-state index contributed by atoms with van der Waals surface area (Å²) in [6, 6.07) is 10.5. The minimum atomic E-state index is 0.407. The Morgan fingerprint density at radius 1 is 1.24 bits per heavy atom. The lowest BCUT2D eigenvalue weighted by atomic mass is 10.0. The molecule has 1 unspecified atom stereocenters. The molecule has 6 heteroatoms. The Bertz CT molecular complexity index is 892. The van der Waals surface area contributed by atoms with Crippen LogP contribution in [0.25, 0.3) is 0 Å². The van der Waals surface area contributed by atoms with Crippen LogP contribution in [0, 0.1) is 13.8 Å². The average Bonchev–Trinajstić information content (AvgIpc) is 3.13. The van der Waals surface area contributed by atoms with Gasteiger partial charge >= 0.3 is 0 Å². The fourth-order valence-electron chi connectivity index (χ4n) is 3.70. The van der Waals surface area contributed by atoms with Gasteiger partial charge in [-0.3, -0.25) is 0 Å². The molecule has 1 aliphatic rings. The zero-order chi connectivity index (χ0) is 21.1. The van der Waals surface area contributed by atoms with Crippen molar-refractivity contribution in [2.45, 2.75) is 46.1 Å². The summed E-state index contributed by atoms with van der Waals surface area (Å²) in [6.45, 7) is 9.97. The van der Waals surface area contributed by atoms with E-state index in [0.29, 0.717) is 29.2 Å². The molecule has 0 amide bonds. The first-order valence-electron chi connectivity index (χ1n) is 10.2. The van der Waals surface area contributed by atoms with Gasteiger partial charge in [-0.2, -0.15) is 0 Å². The summed E-state index contributed by atoms with van der Waals surface area (Å²) in [7, 11) is 4.16. The third-order valence-electron chi connectivity index (χ3n) is 5.48. The zero-order valence-electron chi connectivity index (χ0n) is 18.3. The van der Waals surface area contributed by atoms with Gasteiger partial charge in [-0.25, -0.2) is 4.98 Å². The molecule has 3 rings (SSSR count). The van der Waals surface area contributed by atoms with Gasteiger partial charge in [0, 0.05) is 24.8 Å². The average molecular weight is 397 g/mol. The van der Waals surface area contributed by atoms with Gasteiger partial charge in [-0.15, -0.1) is 0 Å². The van der Waals surface area contributed by atoms with Crippen molar-refractivity contribution in [1.82, 2.24) is 14.8 Å². The van der Waals surface area contributed by atoms with Crippen LogP contribution < -0.4 is 4.74 Å². The number of pyridine rings is 1. The van der Waals surface area contributed by atoms with Crippen LogP contribution in [0.3, 0.4) is 0 Å². The second-order valence-corrected chi connectivity index (χ2v) is 8.42. The quantitative estimate of drug-likeness (QED) is 0.352. The Morgan fingerprint density at radius 3 is 2.62 bits per heavy atom. The standard InChI is InChI=1S/C23H32N4O2/c1-15(2)18-11-16(3)12-20(13-18)29-23-21(8-7-17(4)24-23)22(25-28)27-10-9-19(14-27)26(5)6/h7-8,11-13,15,19,28H,9-10,14H2,1-6H3/b25-22-. The van der Waals surface area contributed by atoms with E-state index in [2.05, 4.69) is 66.9 Å². The Hall–Kier alpha value is -2.60. The molecule has 1 aromatic heterocycles. The van der Waals surface area contributed by atoms with E-state index in [-0.39, 0.29) is 0 Å². The maximum atomic E-state index is 9.83. The van der Waals surface area contributed by atoms with Gasteiger partial charge in [0.25, 0.3) is 0 Å². The molecule has 0 radical (unpaired) electrons. The number of benzene rings is 1. The highest BCUT2D eigenvalue weighted by atomic mass is 16.5. The molecule has 29 heavy (non-hydrogen) atoms. The largest absolute Gasteiger partial charge is 0.438 e. The summed E-state index contributed by atoms with van der Waals surface area (Å²) in [5.74, 6) is 2.13. The fraction of sp³-hybridized carbons (Fsp3) is 0.478. The molecule has 0 bridgehead atoms. The summed E-state index contributed by atoms with van der Waals surface area (Å²) in [5.41, 5.74) is 3.92. The third-order valence-corrected chi connectivity index (χ3v) is 5.48. The molecule has 1 fully saturated rings. The van der Waals surface area contributed by atoms with Crippen molar-refractivity contribution in [1.29, 1.82) is 0 Å². The fourth-order valence-corrected chi connectivity index (χ4v) is 3.70. The Labute approximate surface area is 173 Å². The number of hydrogen-bond acceptors (Lipinski definition) is 5. The number of hydrogen-bond donors (Lipinski definition) is 1.